The Morgan fingerprint density at radius 1 is 1.33 bits per heavy atom. The molecule has 18 heavy (non-hydrogen) atoms. The van der Waals surface area contributed by atoms with Crippen molar-refractivity contribution in [2.75, 3.05) is 0 Å². The van der Waals surface area contributed by atoms with Gasteiger partial charge in [-0.25, -0.2) is 4.39 Å². The molecule has 1 aromatic rings. The quantitative estimate of drug-likeness (QED) is 0.671. The predicted molar refractivity (Wildman–Crippen MR) is 54.5 cm³/mol. The third kappa shape index (κ3) is 2.53. The van der Waals surface area contributed by atoms with Crippen LogP contribution in [-0.4, -0.2) is 17.0 Å². The standard InChI is InChI=1S/C12H10F4O2/c13-9-4-3-7(5-8(9)12(14,15)16)11(18)10(17)6-1-2-6/h3-6,10,17H,1-2H2. The summed E-state index contributed by atoms with van der Waals surface area (Å²) in [7, 11) is 0. The zero-order valence-corrected chi connectivity index (χ0v) is 9.17. The lowest BCUT2D eigenvalue weighted by Crippen LogP contribution is -2.23. The summed E-state index contributed by atoms with van der Waals surface area (Å²) in [6, 6.07) is 2.00. The molecule has 2 nitrogen and oxygen atoms in total. The van der Waals surface area contributed by atoms with Crippen molar-refractivity contribution in [3.63, 3.8) is 0 Å². The highest BCUT2D eigenvalue weighted by Crippen LogP contribution is 2.35. The smallest absolute Gasteiger partial charge is 0.385 e. The second-order valence-corrected chi connectivity index (χ2v) is 4.34. The number of hydrogen-bond donors (Lipinski definition) is 1. The molecular formula is C12H10F4O2. The van der Waals surface area contributed by atoms with Crippen molar-refractivity contribution >= 4 is 5.78 Å². The third-order valence-corrected chi connectivity index (χ3v) is 2.89. The minimum absolute atomic E-state index is 0.183. The van der Waals surface area contributed by atoms with E-state index in [0.717, 1.165) is 6.07 Å². The van der Waals surface area contributed by atoms with Crippen LogP contribution >= 0.6 is 0 Å². The van der Waals surface area contributed by atoms with Gasteiger partial charge in [-0.3, -0.25) is 4.79 Å². The molecule has 1 aliphatic carbocycles. The first-order valence-electron chi connectivity index (χ1n) is 5.39. The molecule has 0 bridgehead atoms. The summed E-state index contributed by atoms with van der Waals surface area (Å²) >= 11 is 0. The lowest BCUT2D eigenvalue weighted by molar-refractivity contribution is -0.140. The van der Waals surface area contributed by atoms with Crippen LogP contribution in [0.5, 0.6) is 0 Å². The molecule has 2 rings (SSSR count). The Hall–Kier alpha value is -1.43. The second-order valence-electron chi connectivity index (χ2n) is 4.34. The van der Waals surface area contributed by atoms with Crippen LogP contribution in [0, 0.1) is 11.7 Å². The largest absolute Gasteiger partial charge is 0.419 e. The number of benzene rings is 1. The van der Waals surface area contributed by atoms with E-state index in [9.17, 15) is 27.5 Å². The highest BCUT2D eigenvalue weighted by atomic mass is 19.4. The first-order valence-corrected chi connectivity index (χ1v) is 5.39. The molecule has 1 aliphatic rings. The van der Waals surface area contributed by atoms with Crippen LogP contribution < -0.4 is 0 Å². The fraction of sp³-hybridized carbons (Fsp3) is 0.417. The van der Waals surface area contributed by atoms with E-state index in [1.165, 1.54) is 0 Å². The molecule has 0 spiro atoms. The summed E-state index contributed by atoms with van der Waals surface area (Å²) in [6.45, 7) is 0. The number of hydrogen-bond acceptors (Lipinski definition) is 2. The van der Waals surface area contributed by atoms with Gasteiger partial charge in [-0.2, -0.15) is 13.2 Å². The Morgan fingerprint density at radius 3 is 2.44 bits per heavy atom. The van der Waals surface area contributed by atoms with Crippen LogP contribution in [0.15, 0.2) is 18.2 Å². The van der Waals surface area contributed by atoms with Crippen LogP contribution in [0.2, 0.25) is 0 Å². The maximum atomic E-state index is 13.0. The van der Waals surface area contributed by atoms with Gasteiger partial charge in [0.1, 0.15) is 11.9 Å². The minimum Gasteiger partial charge on any atom is -0.385 e. The average molecular weight is 262 g/mol. The van der Waals surface area contributed by atoms with Gasteiger partial charge in [0.15, 0.2) is 5.78 Å². The number of aliphatic hydroxyl groups is 1. The molecule has 6 heteroatoms. The molecule has 1 aromatic carbocycles. The number of aliphatic hydroxyl groups excluding tert-OH is 1. The van der Waals surface area contributed by atoms with E-state index in [4.69, 9.17) is 0 Å². The van der Waals surface area contributed by atoms with Crippen LogP contribution in [0.3, 0.4) is 0 Å². The average Bonchev–Trinajstić information content (AvgIpc) is 3.10. The van der Waals surface area contributed by atoms with Crippen LogP contribution in [0.4, 0.5) is 17.6 Å². The van der Waals surface area contributed by atoms with Crippen molar-refractivity contribution in [3.05, 3.63) is 35.1 Å². The fourth-order valence-electron chi connectivity index (χ4n) is 1.69. The molecule has 1 atom stereocenters. The summed E-state index contributed by atoms with van der Waals surface area (Å²) < 4.78 is 50.4. The second kappa shape index (κ2) is 4.35. The van der Waals surface area contributed by atoms with Gasteiger partial charge < -0.3 is 5.11 Å². The van der Waals surface area contributed by atoms with Crippen LogP contribution in [0.25, 0.3) is 0 Å². The molecule has 0 heterocycles. The van der Waals surface area contributed by atoms with E-state index in [0.29, 0.717) is 25.0 Å². The third-order valence-electron chi connectivity index (χ3n) is 2.89. The summed E-state index contributed by atoms with van der Waals surface area (Å²) in [4.78, 5) is 11.7. The molecule has 98 valence electrons. The maximum absolute atomic E-state index is 13.0. The van der Waals surface area contributed by atoms with E-state index < -0.39 is 29.4 Å². The van der Waals surface area contributed by atoms with Gasteiger partial charge in [0.2, 0.25) is 0 Å². The van der Waals surface area contributed by atoms with Crippen LogP contribution in [0.1, 0.15) is 28.8 Å². The Balaban J connectivity index is 2.31. The Labute approximate surface area is 100 Å². The van der Waals surface area contributed by atoms with Crippen molar-refractivity contribution < 1.29 is 27.5 Å². The van der Waals surface area contributed by atoms with Gasteiger partial charge >= 0.3 is 6.18 Å². The monoisotopic (exact) mass is 262 g/mol. The number of carbonyl (C=O) groups excluding carboxylic acids is 1. The van der Waals surface area contributed by atoms with E-state index in [-0.39, 0.29) is 11.5 Å². The summed E-state index contributed by atoms with van der Waals surface area (Å²) in [5.41, 5.74) is -1.81. The van der Waals surface area contributed by atoms with Crippen molar-refractivity contribution in [1.29, 1.82) is 0 Å². The molecule has 0 aromatic heterocycles. The lowest BCUT2D eigenvalue weighted by atomic mass is 10.0. The van der Waals surface area contributed by atoms with Crippen molar-refractivity contribution in [3.8, 4) is 0 Å². The predicted octanol–water partition coefficient (Wildman–Crippen LogP) is 2.80. The minimum atomic E-state index is -4.86. The first kappa shape index (κ1) is 13.0. The summed E-state index contributed by atoms with van der Waals surface area (Å²) in [5, 5.41) is 9.55. The molecule has 0 aliphatic heterocycles. The van der Waals surface area contributed by atoms with Gasteiger partial charge in [0, 0.05) is 5.56 Å². The maximum Gasteiger partial charge on any atom is 0.419 e. The Kier molecular flexibility index (Phi) is 3.14. The van der Waals surface area contributed by atoms with Crippen molar-refractivity contribution in [2.24, 2.45) is 5.92 Å². The Bertz CT molecular complexity index is 477. The van der Waals surface area contributed by atoms with E-state index in [2.05, 4.69) is 0 Å². The Morgan fingerprint density at radius 2 is 1.94 bits per heavy atom. The molecule has 1 fully saturated rings. The molecule has 0 radical (unpaired) electrons. The van der Waals surface area contributed by atoms with Gasteiger partial charge in [-0.15, -0.1) is 0 Å². The van der Waals surface area contributed by atoms with E-state index >= 15 is 0 Å². The SMILES string of the molecule is O=C(c1ccc(F)c(C(F)(F)F)c1)C(O)C1CC1. The summed E-state index contributed by atoms with van der Waals surface area (Å²) in [6.07, 6.45) is -4.79. The van der Waals surface area contributed by atoms with Gasteiger partial charge in [0.25, 0.3) is 0 Å². The van der Waals surface area contributed by atoms with Crippen LogP contribution in [-0.2, 0) is 6.18 Å². The zero-order valence-electron chi connectivity index (χ0n) is 9.17. The zero-order chi connectivity index (χ0) is 13.5. The summed E-state index contributed by atoms with van der Waals surface area (Å²) in [5.74, 6) is -2.40. The molecule has 1 unspecified atom stereocenters. The molecular weight excluding hydrogens is 252 g/mol. The normalized spacial score (nSPS) is 17.6. The molecule has 1 N–H and O–H groups in total. The lowest BCUT2D eigenvalue weighted by Gasteiger charge is -2.12. The van der Waals surface area contributed by atoms with Gasteiger partial charge in [0.05, 0.1) is 5.56 Å². The number of ketones is 1. The molecule has 0 saturated heterocycles. The van der Waals surface area contributed by atoms with E-state index in [1.807, 2.05) is 0 Å². The molecule has 1 saturated carbocycles. The topological polar surface area (TPSA) is 37.3 Å². The first-order chi connectivity index (χ1) is 8.30. The number of carbonyl (C=O) groups is 1. The highest BCUT2D eigenvalue weighted by Gasteiger charge is 2.38. The van der Waals surface area contributed by atoms with Gasteiger partial charge in [-0.1, -0.05) is 0 Å². The van der Waals surface area contributed by atoms with Crippen molar-refractivity contribution in [1.82, 2.24) is 0 Å². The molecule has 0 amide bonds. The van der Waals surface area contributed by atoms with Gasteiger partial charge in [-0.05, 0) is 37.0 Å². The number of Topliss-reactive ketones (excluding diaryl/α,β-unsaturated/α-hetero) is 1. The number of alkyl halides is 3. The van der Waals surface area contributed by atoms with Crippen molar-refractivity contribution in [2.45, 2.75) is 25.1 Å². The van der Waals surface area contributed by atoms with E-state index in [1.54, 1.807) is 0 Å². The number of rotatable bonds is 3. The fourth-order valence-corrected chi connectivity index (χ4v) is 1.69. The highest BCUT2D eigenvalue weighted by molar-refractivity contribution is 5.99. The number of halogens is 4.